The third-order valence-electron chi connectivity index (χ3n) is 3.38. The maximum atomic E-state index is 9.01. The van der Waals surface area contributed by atoms with Crippen molar-refractivity contribution in [2.75, 3.05) is 11.9 Å². The van der Waals surface area contributed by atoms with Gasteiger partial charge in [0.05, 0.1) is 6.61 Å². The van der Waals surface area contributed by atoms with Crippen molar-refractivity contribution in [3.05, 3.63) is 64.7 Å². The Morgan fingerprint density at radius 1 is 1.04 bits per heavy atom. The molecule has 4 nitrogen and oxygen atoms in total. The number of nitrogens with two attached hydrogens (primary N) is 1. The maximum absolute atomic E-state index is 9.01. The van der Waals surface area contributed by atoms with E-state index in [1.165, 1.54) is 16.7 Å². The number of halogens is 1. The molecule has 0 fully saturated rings. The van der Waals surface area contributed by atoms with Gasteiger partial charge in [-0.2, -0.15) is 0 Å². The number of aliphatic hydroxyl groups excluding tert-OH is 1. The van der Waals surface area contributed by atoms with E-state index < -0.39 is 0 Å². The van der Waals surface area contributed by atoms with Crippen LogP contribution in [0.5, 0.6) is 0 Å². The highest BCUT2D eigenvalue weighted by Gasteiger charge is 1.98. The second-order valence-electron chi connectivity index (χ2n) is 5.49. The summed E-state index contributed by atoms with van der Waals surface area (Å²) in [6.07, 6.45) is 0.820. The van der Waals surface area contributed by atoms with Crippen LogP contribution in [0.15, 0.2) is 47.5 Å². The van der Waals surface area contributed by atoms with Gasteiger partial charge in [-0.25, -0.2) is 0 Å². The molecule has 4 N–H and O–H groups in total. The van der Waals surface area contributed by atoms with E-state index in [1.807, 2.05) is 36.4 Å². The summed E-state index contributed by atoms with van der Waals surface area (Å²) in [7, 11) is 0. The van der Waals surface area contributed by atoms with E-state index >= 15 is 0 Å². The monoisotopic (exact) mass is 425 g/mol. The fourth-order valence-corrected chi connectivity index (χ4v) is 2.35. The zero-order valence-electron chi connectivity index (χ0n) is 13.5. The molecule has 0 aromatic heterocycles. The van der Waals surface area contributed by atoms with Crippen molar-refractivity contribution in [1.29, 1.82) is 0 Å². The normalized spacial score (nSPS) is 11.0. The lowest BCUT2D eigenvalue weighted by molar-refractivity contribution is 0.282. The number of aryl methyl sites for hydroxylation is 2. The Balaban J connectivity index is 0.00000264. The lowest BCUT2D eigenvalue weighted by Crippen LogP contribution is -2.23. The molecular weight excluding hydrogens is 401 g/mol. The largest absolute Gasteiger partial charge is 0.392 e. The molecule has 2 aromatic carbocycles. The third-order valence-corrected chi connectivity index (χ3v) is 3.38. The number of aliphatic imine (C=N–C) groups is 1. The molecule has 0 spiro atoms. The minimum atomic E-state index is 0. The zero-order valence-corrected chi connectivity index (χ0v) is 15.9. The number of nitrogens with zero attached hydrogens (tertiary/aromatic N) is 1. The molecular formula is C18H24IN3O. The molecule has 0 radical (unpaired) electrons. The smallest absolute Gasteiger partial charge is 0.193 e. The van der Waals surface area contributed by atoms with Crippen LogP contribution in [0.1, 0.15) is 22.3 Å². The maximum Gasteiger partial charge on any atom is 0.193 e. The quantitative estimate of drug-likeness (QED) is 0.391. The molecule has 0 aliphatic carbocycles. The van der Waals surface area contributed by atoms with Crippen LogP contribution in [0.25, 0.3) is 0 Å². The SMILES string of the molecule is Cc1cc(C)cc(NC(N)=NCCc2ccc(CO)cc2)c1.I. The van der Waals surface area contributed by atoms with Crippen molar-refractivity contribution in [1.82, 2.24) is 0 Å². The average molecular weight is 425 g/mol. The van der Waals surface area contributed by atoms with Crippen LogP contribution in [0.3, 0.4) is 0 Å². The number of nitrogens with one attached hydrogen (secondary N) is 1. The second kappa shape index (κ2) is 9.52. The summed E-state index contributed by atoms with van der Waals surface area (Å²) < 4.78 is 0. The Kier molecular flexibility index (Phi) is 8.05. The molecule has 0 amide bonds. The van der Waals surface area contributed by atoms with Gasteiger partial charge in [0, 0.05) is 12.2 Å². The van der Waals surface area contributed by atoms with Crippen molar-refractivity contribution in [2.24, 2.45) is 10.7 Å². The molecule has 0 atom stereocenters. The Labute approximate surface area is 154 Å². The van der Waals surface area contributed by atoms with Crippen molar-refractivity contribution in [3.63, 3.8) is 0 Å². The molecule has 5 heteroatoms. The van der Waals surface area contributed by atoms with Crippen LogP contribution in [-0.4, -0.2) is 17.6 Å². The highest BCUT2D eigenvalue weighted by atomic mass is 127. The summed E-state index contributed by atoms with van der Waals surface area (Å²) in [5.41, 5.74) is 11.4. The molecule has 0 saturated heterocycles. The Morgan fingerprint density at radius 2 is 1.61 bits per heavy atom. The predicted octanol–water partition coefficient (Wildman–Crippen LogP) is 3.38. The van der Waals surface area contributed by atoms with E-state index in [1.54, 1.807) is 0 Å². The van der Waals surface area contributed by atoms with Crippen LogP contribution >= 0.6 is 24.0 Å². The highest BCUT2D eigenvalue weighted by Crippen LogP contribution is 2.13. The fraction of sp³-hybridized carbons (Fsp3) is 0.278. The summed E-state index contributed by atoms with van der Waals surface area (Å²) >= 11 is 0. The molecule has 0 aliphatic rings. The van der Waals surface area contributed by atoms with Crippen LogP contribution in [0, 0.1) is 13.8 Å². The molecule has 0 unspecified atom stereocenters. The molecule has 124 valence electrons. The number of anilines is 1. The van der Waals surface area contributed by atoms with Gasteiger partial charge in [0.25, 0.3) is 0 Å². The number of benzene rings is 2. The summed E-state index contributed by atoms with van der Waals surface area (Å²) in [5.74, 6) is 0.428. The topological polar surface area (TPSA) is 70.6 Å². The summed E-state index contributed by atoms with van der Waals surface area (Å²) in [5, 5.41) is 12.1. The lowest BCUT2D eigenvalue weighted by Gasteiger charge is -2.08. The minimum Gasteiger partial charge on any atom is -0.392 e. The highest BCUT2D eigenvalue weighted by molar-refractivity contribution is 14.0. The summed E-state index contributed by atoms with van der Waals surface area (Å²) in [6, 6.07) is 14.1. The number of guanidine groups is 1. The first-order valence-electron chi connectivity index (χ1n) is 7.41. The zero-order chi connectivity index (χ0) is 15.9. The Bertz CT molecular complexity index is 634. The van der Waals surface area contributed by atoms with Crippen LogP contribution < -0.4 is 11.1 Å². The van der Waals surface area contributed by atoms with Gasteiger partial charge in [0.2, 0.25) is 0 Å². The van der Waals surface area contributed by atoms with E-state index in [2.05, 4.69) is 30.2 Å². The van der Waals surface area contributed by atoms with E-state index in [9.17, 15) is 0 Å². The fourth-order valence-electron chi connectivity index (χ4n) is 2.35. The van der Waals surface area contributed by atoms with Gasteiger partial charge in [0.1, 0.15) is 0 Å². The number of rotatable bonds is 5. The first kappa shape index (κ1) is 19.4. The number of aliphatic hydroxyl groups is 1. The molecule has 0 saturated carbocycles. The van der Waals surface area contributed by atoms with Gasteiger partial charge in [-0.3, -0.25) is 4.99 Å². The summed E-state index contributed by atoms with van der Waals surface area (Å²) in [6.45, 7) is 4.82. The third kappa shape index (κ3) is 6.58. The van der Waals surface area contributed by atoms with Gasteiger partial charge in [0.15, 0.2) is 5.96 Å². The molecule has 2 rings (SSSR count). The van der Waals surface area contributed by atoms with Crippen LogP contribution in [0.4, 0.5) is 5.69 Å². The van der Waals surface area contributed by atoms with Crippen molar-refractivity contribution < 1.29 is 5.11 Å². The molecule has 0 aliphatic heterocycles. The van der Waals surface area contributed by atoms with Crippen molar-refractivity contribution >= 4 is 35.6 Å². The van der Waals surface area contributed by atoms with Gasteiger partial charge in [-0.1, -0.05) is 30.3 Å². The van der Waals surface area contributed by atoms with Gasteiger partial charge < -0.3 is 16.2 Å². The minimum absolute atomic E-state index is 0. The Morgan fingerprint density at radius 3 is 2.17 bits per heavy atom. The molecule has 23 heavy (non-hydrogen) atoms. The summed E-state index contributed by atoms with van der Waals surface area (Å²) in [4.78, 5) is 4.35. The van der Waals surface area contributed by atoms with Gasteiger partial charge in [-0.15, -0.1) is 24.0 Å². The van der Waals surface area contributed by atoms with E-state index in [4.69, 9.17) is 10.8 Å². The standard InChI is InChI=1S/C18H23N3O.HI/c1-13-9-14(2)11-17(10-13)21-18(19)20-8-7-15-3-5-16(12-22)6-4-15;/h3-6,9-11,22H,7-8,12H2,1-2H3,(H3,19,20,21);1H. The molecule has 0 bridgehead atoms. The van der Waals surface area contributed by atoms with Crippen molar-refractivity contribution in [3.8, 4) is 0 Å². The van der Waals surface area contributed by atoms with E-state index in [-0.39, 0.29) is 30.6 Å². The van der Waals surface area contributed by atoms with Gasteiger partial charge in [-0.05, 0) is 54.7 Å². The van der Waals surface area contributed by atoms with Crippen molar-refractivity contribution in [2.45, 2.75) is 26.9 Å². The second-order valence-corrected chi connectivity index (χ2v) is 5.49. The molecule has 0 heterocycles. The van der Waals surface area contributed by atoms with Gasteiger partial charge >= 0.3 is 0 Å². The number of hydrogen-bond acceptors (Lipinski definition) is 2. The Hall–Kier alpha value is -1.60. The number of hydrogen-bond donors (Lipinski definition) is 3. The van der Waals surface area contributed by atoms with Crippen LogP contribution in [0.2, 0.25) is 0 Å². The lowest BCUT2D eigenvalue weighted by atomic mass is 10.1. The first-order valence-corrected chi connectivity index (χ1v) is 7.41. The molecule has 2 aromatic rings. The first-order chi connectivity index (χ1) is 10.6. The van der Waals surface area contributed by atoms with E-state index in [0.717, 1.165) is 17.7 Å². The average Bonchev–Trinajstić information content (AvgIpc) is 2.47. The van der Waals surface area contributed by atoms with E-state index in [0.29, 0.717) is 12.5 Å². The predicted molar refractivity (Wildman–Crippen MR) is 108 cm³/mol. The van der Waals surface area contributed by atoms with Crippen LogP contribution in [-0.2, 0) is 13.0 Å².